The molecule has 0 radical (unpaired) electrons. The number of benzene rings is 2. The molecule has 120 valence electrons. The second-order valence-corrected chi connectivity index (χ2v) is 5.78. The average molecular weight is 312 g/mol. The molecule has 0 fully saturated rings. The summed E-state index contributed by atoms with van der Waals surface area (Å²) in [7, 11) is 3.21. The van der Waals surface area contributed by atoms with E-state index in [0.717, 1.165) is 16.7 Å². The van der Waals surface area contributed by atoms with Crippen LogP contribution in [0.15, 0.2) is 48.5 Å². The lowest BCUT2D eigenvalue weighted by atomic mass is 9.81. The van der Waals surface area contributed by atoms with E-state index in [1.54, 1.807) is 14.2 Å². The molecular formula is C20H21FO2. The zero-order valence-electron chi connectivity index (χ0n) is 13.5. The molecule has 3 heteroatoms. The van der Waals surface area contributed by atoms with Crippen molar-refractivity contribution < 1.29 is 13.9 Å². The Morgan fingerprint density at radius 2 is 1.83 bits per heavy atom. The summed E-state index contributed by atoms with van der Waals surface area (Å²) < 4.78 is 25.1. The maximum absolute atomic E-state index is 14.3. The number of ether oxygens (including phenoxy) is 2. The number of rotatable bonds is 4. The molecule has 0 unspecified atom stereocenters. The Hall–Kier alpha value is -2.29. The number of methoxy groups -OCH3 is 2. The molecule has 3 rings (SSSR count). The minimum atomic E-state index is -0.867. The van der Waals surface area contributed by atoms with Crippen molar-refractivity contribution in [3.05, 3.63) is 65.2 Å². The Morgan fingerprint density at radius 1 is 1.04 bits per heavy atom. The van der Waals surface area contributed by atoms with Crippen molar-refractivity contribution >= 4 is 6.08 Å². The van der Waals surface area contributed by atoms with E-state index in [2.05, 4.69) is 12.2 Å². The Bertz CT molecular complexity index is 694. The first-order valence-corrected chi connectivity index (χ1v) is 7.84. The van der Waals surface area contributed by atoms with Gasteiger partial charge in [-0.05, 0) is 23.6 Å². The zero-order valence-corrected chi connectivity index (χ0v) is 13.5. The molecule has 2 nitrogen and oxygen atoms in total. The maximum atomic E-state index is 14.3. The van der Waals surface area contributed by atoms with Gasteiger partial charge in [0.2, 0.25) is 0 Å². The highest BCUT2D eigenvalue weighted by Gasteiger charge is 2.29. The average Bonchev–Trinajstić information content (AvgIpc) is 2.59. The van der Waals surface area contributed by atoms with Crippen molar-refractivity contribution in [2.24, 2.45) is 0 Å². The standard InChI is InChI=1S/C20H21FO2/c1-22-19-11-10-17-15(9-8-14-6-4-3-5-7-14)12-16(21)13-18(17)20(19)23-2/h3-11,15-16H,12-13H2,1-2H3/b9-8+/t15-,16+/m1/s1. The number of allylic oxidation sites excluding steroid dienone is 1. The van der Waals surface area contributed by atoms with E-state index >= 15 is 0 Å². The molecule has 1 aliphatic carbocycles. The molecule has 1 aliphatic rings. The lowest BCUT2D eigenvalue weighted by Crippen LogP contribution is -2.19. The summed E-state index contributed by atoms with van der Waals surface area (Å²) in [5, 5.41) is 0. The van der Waals surface area contributed by atoms with Crippen LogP contribution in [0.5, 0.6) is 11.5 Å². The topological polar surface area (TPSA) is 18.5 Å². The number of hydrogen-bond donors (Lipinski definition) is 0. The Morgan fingerprint density at radius 3 is 2.52 bits per heavy atom. The number of fused-ring (bicyclic) bond motifs is 1. The predicted molar refractivity (Wildman–Crippen MR) is 91.0 cm³/mol. The second kappa shape index (κ2) is 6.86. The summed E-state index contributed by atoms with van der Waals surface area (Å²) in [6.45, 7) is 0. The minimum Gasteiger partial charge on any atom is -0.493 e. The quantitative estimate of drug-likeness (QED) is 0.808. The fourth-order valence-electron chi connectivity index (χ4n) is 3.25. The summed E-state index contributed by atoms with van der Waals surface area (Å²) in [4.78, 5) is 0. The molecule has 0 saturated carbocycles. The summed E-state index contributed by atoms with van der Waals surface area (Å²) in [6.07, 6.45) is 4.17. The van der Waals surface area contributed by atoms with Crippen molar-refractivity contribution in [2.75, 3.05) is 14.2 Å². The third-order valence-electron chi connectivity index (χ3n) is 4.34. The minimum absolute atomic E-state index is 0.0498. The van der Waals surface area contributed by atoms with E-state index in [-0.39, 0.29) is 5.92 Å². The molecule has 2 aromatic carbocycles. The molecule has 0 aromatic heterocycles. The van der Waals surface area contributed by atoms with Crippen LogP contribution in [0.4, 0.5) is 4.39 Å². The van der Waals surface area contributed by atoms with Gasteiger partial charge in [0.05, 0.1) is 14.2 Å². The molecule has 0 aliphatic heterocycles. The highest BCUT2D eigenvalue weighted by molar-refractivity contribution is 5.56. The van der Waals surface area contributed by atoms with Crippen LogP contribution in [0.1, 0.15) is 29.0 Å². The lowest BCUT2D eigenvalue weighted by Gasteiger charge is -2.28. The first-order chi connectivity index (χ1) is 11.2. The van der Waals surface area contributed by atoms with Gasteiger partial charge in [-0.3, -0.25) is 0 Å². The van der Waals surface area contributed by atoms with Crippen LogP contribution < -0.4 is 9.47 Å². The number of hydrogen-bond acceptors (Lipinski definition) is 2. The molecule has 23 heavy (non-hydrogen) atoms. The van der Waals surface area contributed by atoms with Gasteiger partial charge in [-0.15, -0.1) is 0 Å². The van der Waals surface area contributed by atoms with Crippen molar-refractivity contribution in [2.45, 2.75) is 24.9 Å². The van der Waals surface area contributed by atoms with Crippen LogP contribution in [-0.2, 0) is 6.42 Å². The monoisotopic (exact) mass is 312 g/mol. The summed E-state index contributed by atoms with van der Waals surface area (Å²) in [5.74, 6) is 1.37. The molecule has 0 bridgehead atoms. The highest BCUT2D eigenvalue weighted by Crippen LogP contribution is 2.43. The van der Waals surface area contributed by atoms with Gasteiger partial charge in [0.1, 0.15) is 6.17 Å². The Labute approximate surface area is 136 Å². The number of alkyl halides is 1. The van der Waals surface area contributed by atoms with Crippen molar-refractivity contribution in [3.63, 3.8) is 0 Å². The van der Waals surface area contributed by atoms with Crippen LogP contribution >= 0.6 is 0 Å². The SMILES string of the molecule is COc1ccc2c(c1OC)C[C@@H](F)C[C@H]2/C=C/c1ccccc1. The predicted octanol–water partition coefficient (Wildman–Crippen LogP) is 4.79. The molecule has 0 saturated heterocycles. The molecule has 2 aromatic rings. The molecule has 0 amide bonds. The molecule has 0 spiro atoms. The van der Waals surface area contributed by atoms with Gasteiger partial charge in [0, 0.05) is 17.9 Å². The van der Waals surface area contributed by atoms with Crippen molar-refractivity contribution in [1.29, 1.82) is 0 Å². The van der Waals surface area contributed by atoms with Gasteiger partial charge in [0.25, 0.3) is 0 Å². The van der Waals surface area contributed by atoms with E-state index in [1.165, 1.54) is 0 Å². The Balaban J connectivity index is 1.97. The van der Waals surface area contributed by atoms with Crippen LogP contribution in [0, 0.1) is 0 Å². The third-order valence-corrected chi connectivity index (χ3v) is 4.34. The van der Waals surface area contributed by atoms with Gasteiger partial charge < -0.3 is 9.47 Å². The fraction of sp³-hybridized carbons (Fsp3) is 0.300. The molecule has 0 N–H and O–H groups in total. The molecule has 0 heterocycles. The first kappa shape index (κ1) is 15.6. The van der Waals surface area contributed by atoms with Crippen LogP contribution in [0.3, 0.4) is 0 Å². The lowest BCUT2D eigenvalue weighted by molar-refractivity contribution is 0.281. The van der Waals surface area contributed by atoms with E-state index in [0.29, 0.717) is 24.3 Å². The third kappa shape index (κ3) is 3.24. The summed E-state index contributed by atoms with van der Waals surface area (Å²) >= 11 is 0. The number of halogens is 1. The first-order valence-electron chi connectivity index (χ1n) is 7.84. The van der Waals surface area contributed by atoms with Crippen LogP contribution in [0.2, 0.25) is 0 Å². The summed E-state index contributed by atoms with van der Waals surface area (Å²) in [5.41, 5.74) is 3.17. The fourth-order valence-corrected chi connectivity index (χ4v) is 3.25. The summed E-state index contributed by atoms with van der Waals surface area (Å²) in [6, 6.07) is 14.0. The second-order valence-electron chi connectivity index (χ2n) is 5.78. The van der Waals surface area contributed by atoms with E-state index in [4.69, 9.17) is 9.47 Å². The molecular weight excluding hydrogens is 291 g/mol. The van der Waals surface area contributed by atoms with Crippen molar-refractivity contribution in [3.8, 4) is 11.5 Å². The van der Waals surface area contributed by atoms with Crippen LogP contribution in [0.25, 0.3) is 6.08 Å². The van der Waals surface area contributed by atoms with Gasteiger partial charge in [-0.1, -0.05) is 48.6 Å². The van der Waals surface area contributed by atoms with E-state index < -0.39 is 6.17 Å². The zero-order chi connectivity index (χ0) is 16.2. The molecule has 2 atom stereocenters. The smallest absolute Gasteiger partial charge is 0.164 e. The van der Waals surface area contributed by atoms with Gasteiger partial charge in [0.15, 0.2) is 11.5 Å². The highest BCUT2D eigenvalue weighted by atomic mass is 19.1. The maximum Gasteiger partial charge on any atom is 0.164 e. The largest absolute Gasteiger partial charge is 0.493 e. The van der Waals surface area contributed by atoms with Gasteiger partial charge in [-0.2, -0.15) is 0 Å². The van der Waals surface area contributed by atoms with Crippen LogP contribution in [-0.4, -0.2) is 20.4 Å². The Kier molecular flexibility index (Phi) is 4.65. The van der Waals surface area contributed by atoms with E-state index in [1.807, 2.05) is 42.5 Å². The van der Waals surface area contributed by atoms with Gasteiger partial charge >= 0.3 is 0 Å². The van der Waals surface area contributed by atoms with E-state index in [9.17, 15) is 4.39 Å². The normalized spacial score (nSPS) is 20.3. The van der Waals surface area contributed by atoms with Gasteiger partial charge in [-0.25, -0.2) is 4.39 Å². The van der Waals surface area contributed by atoms with Crippen molar-refractivity contribution in [1.82, 2.24) is 0 Å².